The molecule has 0 aromatic carbocycles. The highest BCUT2D eigenvalue weighted by Gasteiger charge is 2.24. The second-order valence-corrected chi connectivity index (χ2v) is 4.00. The normalized spacial score (nSPS) is 27.5. The first kappa shape index (κ1) is 8.61. The Morgan fingerprint density at radius 2 is 2.38 bits per heavy atom. The average molecular weight is 175 g/mol. The summed E-state index contributed by atoms with van der Waals surface area (Å²) in [6.07, 6.45) is 10.3. The molecule has 1 atom stereocenters. The maximum absolute atomic E-state index is 3.83. The van der Waals surface area contributed by atoms with Crippen LogP contribution in [0.1, 0.15) is 19.3 Å². The molecule has 1 saturated heterocycles. The molecule has 1 heteroatoms. The molecule has 1 heterocycles. The molecule has 1 fully saturated rings. The number of hydrogen-bond acceptors (Lipinski definition) is 1. The van der Waals surface area contributed by atoms with E-state index in [1.165, 1.54) is 37.1 Å². The van der Waals surface area contributed by atoms with Crippen LogP contribution in [0.3, 0.4) is 0 Å². The van der Waals surface area contributed by atoms with Crippen LogP contribution in [-0.2, 0) is 0 Å². The van der Waals surface area contributed by atoms with Crippen LogP contribution in [0, 0.1) is 5.92 Å². The molecule has 13 heavy (non-hydrogen) atoms. The highest BCUT2D eigenvalue weighted by atomic mass is 15.1. The standard InChI is InChI=1S/C12H17N/c1-3-10-6-7-12-11(9-10)5-4-8-13(12)2/h3,6-7,11H,1,4-5,8-9H2,2H3. The van der Waals surface area contributed by atoms with Crippen molar-refractivity contribution in [3.05, 3.63) is 36.1 Å². The number of piperidine rings is 1. The Labute approximate surface area is 80.4 Å². The monoisotopic (exact) mass is 175 g/mol. The largest absolute Gasteiger partial charge is 0.378 e. The Morgan fingerprint density at radius 1 is 1.54 bits per heavy atom. The molecule has 0 radical (unpaired) electrons. The lowest BCUT2D eigenvalue weighted by Gasteiger charge is -2.36. The summed E-state index contributed by atoms with van der Waals surface area (Å²) in [5.74, 6) is 0.761. The summed E-state index contributed by atoms with van der Waals surface area (Å²) < 4.78 is 0. The molecule has 2 rings (SSSR count). The molecular weight excluding hydrogens is 158 g/mol. The molecule has 1 unspecified atom stereocenters. The molecule has 70 valence electrons. The van der Waals surface area contributed by atoms with Gasteiger partial charge < -0.3 is 4.90 Å². The van der Waals surface area contributed by atoms with Crippen LogP contribution >= 0.6 is 0 Å². The van der Waals surface area contributed by atoms with Crippen LogP contribution < -0.4 is 0 Å². The van der Waals surface area contributed by atoms with Crippen molar-refractivity contribution in [1.29, 1.82) is 0 Å². The SMILES string of the molecule is C=CC1=CC=C2C(CCCN2C)C1. The molecule has 0 amide bonds. The van der Waals surface area contributed by atoms with Gasteiger partial charge in [-0.15, -0.1) is 0 Å². The van der Waals surface area contributed by atoms with Gasteiger partial charge >= 0.3 is 0 Å². The number of likely N-dealkylation sites (tertiary alicyclic amines) is 1. The lowest BCUT2D eigenvalue weighted by Crippen LogP contribution is -2.31. The fraction of sp³-hybridized carbons (Fsp3) is 0.500. The van der Waals surface area contributed by atoms with Crippen molar-refractivity contribution in [2.75, 3.05) is 13.6 Å². The van der Waals surface area contributed by atoms with Gasteiger partial charge in [0.15, 0.2) is 0 Å². The fourth-order valence-electron chi connectivity index (χ4n) is 2.33. The highest BCUT2D eigenvalue weighted by molar-refractivity contribution is 5.31. The van der Waals surface area contributed by atoms with Gasteiger partial charge in [0, 0.05) is 25.2 Å². The van der Waals surface area contributed by atoms with Gasteiger partial charge in [0.05, 0.1) is 0 Å². The Bertz CT molecular complexity index is 273. The van der Waals surface area contributed by atoms with Crippen molar-refractivity contribution >= 4 is 0 Å². The highest BCUT2D eigenvalue weighted by Crippen LogP contribution is 2.34. The van der Waals surface area contributed by atoms with Crippen LogP contribution in [-0.4, -0.2) is 18.5 Å². The van der Waals surface area contributed by atoms with Crippen molar-refractivity contribution in [2.45, 2.75) is 19.3 Å². The number of nitrogens with zero attached hydrogens (tertiary/aromatic N) is 1. The summed E-state index contributed by atoms with van der Waals surface area (Å²) in [5.41, 5.74) is 2.92. The van der Waals surface area contributed by atoms with Crippen LogP contribution in [0.15, 0.2) is 36.1 Å². The molecule has 1 nitrogen and oxygen atoms in total. The first-order chi connectivity index (χ1) is 6.31. The third-order valence-electron chi connectivity index (χ3n) is 3.12. The minimum absolute atomic E-state index is 0.761. The van der Waals surface area contributed by atoms with Crippen molar-refractivity contribution < 1.29 is 0 Å². The van der Waals surface area contributed by atoms with Crippen molar-refractivity contribution in [2.24, 2.45) is 5.92 Å². The molecule has 0 saturated carbocycles. The molecule has 2 aliphatic rings. The van der Waals surface area contributed by atoms with Gasteiger partial charge in [-0.2, -0.15) is 0 Å². The number of fused-ring (bicyclic) bond motifs is 1. The van der Waals surface area contributed by atoms with E-state index in [4.69, 9.17) is 0 Å². The summed E-state index contributed by atoms with van der Waals surface area (Å²) in [6.45, 7) is 5.05. The van der Waals surface area contributed by atoms with E-state index in [1.807, 2.05) is 6.08 Å². The Kier molecular flexibility index (Phi) is 2.26. The third-order valence-corrected chi connectivity index (χ3v) is 3.12. The number of hydrogen-bond donors (Lipinski definition) is 0. The van der Waals surface area contributed by atoms with Gasteiger partial charge in [-0.3, -0.25) is 0 Å². The van der Waals surface area contributed by atoms with Gasteiger partial charge in [-0.05, 0) is 30.9 Å². The van der Waals surface area contributed by atoms with E-state index in [2.05, 4.69) is 30.7 Å². The third kappa shape index (κ3) is 1.55. The predicted molar refractivity (Wildman–Crippen MR) is 56.3 cm³/mol. The first-order valence-electron chi connectivity index (χ1n) is 5.05. The molecule has 1 aliphatic carbocycles. The fourth-order valence-corrected chi connectivity index (χ4v) is 2.33. The second kappa shape index (κ2) is 3.41. The van der Waals surface area contributed by atoms with E-state index < -0.39 is 0 Å². The topological polar surface area (TPSA) is 3.24 Å². The minimum Gasteiger partial charge on any atom is -0.378 e. The smallest absolute Gasteiger partial charge is 0.0172 e. The molecule has 1 aliphatic heterocycles. The lowest BCUT2D eigenvalue weighted by molar-refractivity contribution is 0.278. The van der Waals surface area contributed by atoms with Crippen molar-refractivity contribution in [1.82, 2.24) is 4.90 Å². The quantitative estimate of drug-likeness (QED) is 0.592. The lowest BCUT2D eigenvalue weighted by atomic mass is 9.84. The van der Waals surface area contributed by atoms with E-state index in [0.29, 0.717) is 0 Å². The van der Waals surface area contributed by atoms with E-state index in [-0.39, 0.29) is 0 Å². The van der Waals surface area contributed by atoms with E-state index in [0.717, 1.165) is 5.92 Å². The number of allylic oxidation sites excluding steroid dienone is 5. The molecule has 0 bridgehead atoms. The van der Waals surface area contributed by atoms with Gasteiger partial charge in [-0.1, -0.05) is 18.7 Å². The molecule has 0 aromatic heterocycles. The maximum atomic E-state index is 3.83. The minimum atomic E-state index is 0.761. The van der Waals surface area contributed by atoms with E-state index in [1.54, 1.807) is 0 Å². The summed E-state index contributed by atoms with van der Waals surface area (Å²) in [7, 11) is 2.20. The maximum Gasteiger partial charge on any atom is 0.0172 e. The second-order valence-electron chi connectivity index (χ2n) is 4.00. The van der Waals surface area contributed by atoms with Crippen molar-refractivity contribution in [3.63, 3.8) is 0 Å². The Balaban J connectivity index is 2.22. The van der Waals surface area contributed by atoms with Gasteiger partial charge in [0.1, 0.15) is 0 Å². The first-order valence-corrected chi connectivity index (χ1v) is 5.05. The zero-order valence-corrected chi connectivity index (χ0v) is 8.29. The van der Waals surface area contributed by atoms with E-state index in [9.17, 15) is 0 Å². The van der Waals surface area contributed by atoms with Crippen LogP contribution in [0.4, 0.5) is 0 Å². The summed E-state index contributed by atoms with van der Waals surface area (Å²) >= 11 is 0. The summed E-state index contributed by atoms with van der Waals surface area (Å²) in [6, 6.07) is 0. The van der Waals surface area contributed by atoms with Crippen molar-refractivity contribution in [3.8, 4) is 0 Å². The Morgan fingerprint density at radius 3 is 3.15 bits per heavy atom. The summed E-state index contributed by atoms with van der Waals surface area (Å²) in [4.78, 5) is 2.39. The van der Waals surface area contributed by atoms with Gasteiger partial charge in [0.25, 0.3) is 0 Å². The summed E-state index contributed by atoms with van der Waals surface area (Å²) in [5, 5.41) is 0. The van der Waals surface area contributed by atoms with E-state index >= 15 is 0 Å². The Hall–Kier alpha value is -0.980. The zero-order valence-electron chi connectivity index (χ0n) is 8.29. The zero-order chi connectivity index (χ0) is 9.26. The number of rotatable bonds is 1. The van der Waals surface area contributed by atoms with Gasteiger partial charge in [-0.25, -0.2) is 0 Å². The molecule has 0 aromatic rings. The van der Waals surface area contributed by atoms with Gasteiger partial charge in [0.2, 0.25) is 0 Å². The molecule has 0 spiro atoms. The molecule has 0 N–H and O–H groups in total. The predicted octanol–water partition coefficient (Wildman–Crippen LogP) is 2.73. The van der Waals surface area contributed by atoms with Crippen LogP contribution in [0.5, 0.6) is 0 Å². The van der Waals surface area contributed by atoms with Crippen LogP contribution in [0.2, 0.25) is 0 Å². The molecular formula is C12H17N. The average Bonchev–Trinajstić information content (AvgIpc) is 2.18. The van der Waals surface area contributed by atoms with Crippen LogP contribution in [0.25, 0.3) is 0 Å².